The number of amides is 4. The van der Waals surface area contributed by atoms with Crippen LogP contribution in [0.4, 0.5) is 10.5 Å². The lowest BCUT2D eigenvalue weighted by atomic mass is 10.0. The van der Waals surface area contributed by atoms with Crippen molar-refractivity contribution in [2.45, 2.75) is 13.8 Å². The van der Waals surface area contributed by atoms with Crippen molar-refractivity contribution >= 4 is 46.8 Å². The Morgan fingerprint density at radius 2 is 2.10 bits per heavy atom. The van der Waals surface area contributed by atoms with Crippen LogP contribution in [0.25, 0.3) is 11.6 Å². The molecule has 156 valence electrons. The first-order valence-corrected chi connectivity index (χ1v) is 10.1. The molecule has 0 spiro atoms. The van der Waals surface area contributed by atoms with E-state index >= 15 is 0 Å². The number of urea groups is 1. The highest BCUT2D eigenvalue weighted by molar-refractivity contribution is 6.36. The molecule has 2 aliphatic rings. The summed E-state index contributed by atoms with van der Waals surface area (Å²) in [6.45, 7) is 5.74. The van der Waals surface area contributed by atoms with Gasteiger partial charge in [0.15, 0.2) is 0 Å². The highest BCUT2D eigenvalue weighted by Crippen LogP contribution is 2.35. The minimum absolute atomic E-state index is 0.109. The lowest BCUT2D eigenvalue weighted by Crippen LogP contribution is -2.37. The number of carbonyl (C=O) groups excluding carboxylic acids is 3. The number of nitrogens with zero attached hydrogens (tertiary/aromatic N) is 1. The molecule has 1 fully saturated rings. The van der Waals surface area contributed by atoms with Crippen LogP contribution < -0.4 is 16.0 Å². The number of nitrogens with one attached hydrogen (secondary N) is 4. The first kappa shape index (κ1) is 20.0. The molecule has 8 nitrogen and oxygen atoms in total. The van der Waals surface area contributed by atoms with Crippen LogP contribution in [-0.4, -0.2) is 53.9 Å². The molecular weight excluding hydrogens is 406 g/mol. The van der Waals surface area contributed by atoms with Gasteiger partial charge in [0, 0.05) is 53.8 Å². The van der Waals surface area contributed by atoms with Crippen LogP contribution in [0.2, 0.25) is 5.02 Å². The number of H-pyrrole nitrogens is 1. The fraction of sp³-hybridized carbons (Fsp3) is 0.286. The maximum atomic E-state index is 12.7. The molecule has 1 saturated heterocycles. The van der Waals surface area contributed by atoms with Gasteiger partial charge in [-0.25, -0.2) is 4.79 Å². The van der Waals surface area contributed by atoms with Gasteiger partial charge in [-0.15, -0.1) is 0 Å². The van der Waals surface area contributed by atoms with Crippen LogP contribution in [0.1, 0.15) is 32.9 Å². The third-order valence-corrected chi connectivity index (χ3v) is 5.60. The zero-order valence-electron chi connectivity index (χ0n) is 16.7. The number of hydrogen-bond acceptors (Lipinski definition) is 3. The summed E-state index contributed by atoms with van der Waals surface area (Å²) in [5.74, 6) is -0.432. The van der Waals surface area contributed by atoms with Crippen molar-refractivity contribution in [1.82, 2.24) is 20.5 Å². The van der Waals surface area contributed by atoms with Gasteiger partial charge in [-0.2, -0.15) is 0 Å². The summed E-state index contributed by atoms with van der Waals surface area (Å²) >= 11 is 6.09. The van der Waals surface area contributed by atoms with E-state index in [0.717, 1.165) is 11.1 Å². The number of carbonyl (C=O) groups is 3. The van der Waals surface area contributed by atoms with E-state index < -0.39 is 0 Å². The number of fused-ring (bicyclic) bond motifs is 1. The van der Waals surface area contributed by atoms with Crippen molar-refractivity contribution in [3.63, 3.8) is 0 Å². The molecule has 0 bridgehead atoms. The van der Waals surface area contributed by atoms with Crippen molar-refractivity contribution in [2.75, 3.05) is 31.5 Å². The van der Waals surface area contributed by atoms with Gasteiger partial charge in [-0.1, -0.05) is 11.6 Å². The molecule has 2 aromatic rings. The average Bonchev–Trinajstić information content (AvgIpc) is 3.32. The van der Waals surface area contributed by atoms with E-state index in [-0.39, 0.29) is 17.8 Å². The van der Waals surface area contributed by atoms with E-state index in [1.54, 1.807) is 29.2 Å². The van der Waals surface area contributed by atoms with Gasteiger partial charge in [0.25, 0.3) is 11.8 Å². The average molecular weight is 428 g/mol. The van der Waals surface area contributed by atoms with Gasteiger partial charge in [-0.3, -0.25) is 9.59 Å². The number of benzene rings is 1. The van der Waals surface area contributed by atoms with Crippen molar-refractivity contribution in [3.8, 4) is 0 Å². The molecule has 0 saturated carbocycles. The summed E-state index contributed by atoms with van der Waals surface area (Å²) in [6.07, 6.45) is 1.74. The predicted molar refractivity (Wildman–Crippen MR) is 116 cm³/mol. The summed E-state index contributed by atoms with van der Waals surface area (Å²) < 4.78 is 0. The largest absolute Gasteiger partial charge is 0.358 e. The third-order valence-electron chi connectivity index (χ3n) is 5.37. The van der Waals surface area contributed by atoms with Gasteiger partial charge in [0.1, 0.15) is 0 Å². The zero-order chi connectivity index (χ0) is 21.4. The molecule has 4 amide bonds. The smallest absolute Gasteiger partial charge is 0.317 e. The summed E-state index contributed by atoms with van der Waals surface area (Å²) in [7, 11) is 0. The van der Waals surface area contributed by atoms with Gasteiger partial charge in [-0.05, 0) is 43.7 Å². The van der Waals surface area contributed by atoms with E-state index in [1.807, 2.05) is 13.8 Å². The maximum absolute atomic E-state index is 12.7. The summed E-state index contributed by atoms with van der Waals surface area (Å²) in [6, 6.07) is 5.13. The van der Waals surface area contributed by atoms with Crippen LogP contribution >= 0.6 is 11.6 Å². The Kier molecular flexibility index (Phi) is 5.26. The van der Waals surface area contributed by atoms with E-state index in [1.165, 1.54) is 0 Å². The van der Waals surface area contributed by atoms with Gasteiger partial charge >= 0.3 is 6.03 Å². The van der Waals surface area contributed by atoms with Crippen LogP contribution in [0.15, 0.2) is 18.2 Å². The monoisotopic (exact) mass is 427 g/mol. The Morgan fingerprint density at radius 3 is 2.83 bits per heavy atom. The molecule has 0 unspecified atom stereocenters. The molecule has 0 radical (unpaired) electrons. The fourth-order valence-corrected chi connectivity index (χ4v) is 4.00. The molecular formula is C21H22ClN5O3. The van der Waals surface area contributed by atoms with E-state index in [0.29, 0.717) is 59.4 Å². The van der Waals surface area contributed by atoms with Gasteiger partial charge in [0.05, 0.1) is 11.1 Å². The highest BCUT2D eigenvalue weighted by Gasteiger charge is 2.26. The summed E-state index contributed by atoms with van der Waals surface area (Å²) in [4.78, 5) is 41.6. The number of rotatable bonds is 5. The second kappa shape index (κ2) is 7.87. The van der Waals surface area contributed by atoms with Gasteiger partial charge in [0.2, 0.25) is 0 Å². The first-order valence-electron chi connectivity index (χ1n) is 9.68. The Bertz CT molecular complexity index is 1090. The highest BCUT2D eigenvalue weighted by atomic mass is 35.5. The predicted octanol–water partition coefficient (Wildman–Crippen LogP) is 2.53. The van der Waals surface area contributed by atoms with Crippen molar-refractivity contribution in [2.24, 2.45) is 0 Å². The summed E-state index contributed by atoms with van der Waals surface area (Å²) in [5, 5.41) is 8.96. The Labute approximate surface area is 178 Å². The van der Waals surface area contributed by atoms with Crippen molar-refractivity contribution < 1.29 is 14.4 Å². The quantitative estimate of drug-likeness (QED) is 0.551. The standard InChI is InChI=1S/C21H22ClN5O3/c1-11-17(10-15-14-9-13(22)3-4-16(14)26-19(15)28)25-12(2)18(11)20(29)23-5-7-27-8-6-24-21(27)30/h3-4,9-10,25H,5-8H2,1-2H3,(H,23,29)(H,24,30)(H,26,28). The lowest BCUT2D eigenvalue weighted by molar-refractivity contribution is -0.110. The second-order valence-corrected chi connectivity index (χ2v) is 7.78. The first-order chi connectivity index (χ1) is 14.3. The van der Waals surface area contributed by atoms with Gasteiger partial charge < -0.3 is 25.8 Å². The number of anilines is 1. The van der Waals surface area contributed by atoms with Crippen LogP contribution in [0.5, 0.6) is 0 Å². The number of aromatic amines is 1. The van der Waals surface area contributed by atoms with Crippen LogP contribution in [-0.2, 0) is 4.79 Å². The topological polar surface area (TPSA) is 106 Å². The lowest BCUT2D eigenvalue weighted by Gasteiger charge is -2.14. The minimum atomic E-state index is -0.218. The molecule has 9 heteroatoms. The van der Waals surface area contributed by atoms with Crippen LogP contribution in [0.3, 0.4) is 0 Å². The Morgan fingerprint density at radius 1 is 1.30 bits per heavy atom. The minimum Gasteiger partial charge on any atom is -0.358 e. The SMILES string of the molecule is Cc1[nH]c(C=C2C(=O)Nc3ccc(Cl)cc32)c(C)c1C(=O)NCCN1CCNC1=O. The Balaban J connectivity index is 1.53. The van der Waals surface area contributed by atoms with Crippen molar-refractivity contribution in [1.29, 1.82) is 0 Å². The maximum Gasteiger partial charge on any atom is 0.317 e. The molecule has 4 N–H and O–H groups in total. The number of aryl methyl sites for hydroxylation is 1. The molecule has 2 aliphatic heterocycles. The molecule has 1 aromatic carbocycles. The molecule has 3 heterocycles. The van der Waals surface area contributed by atoms with E-state index in [4.69, 9.17) is 11.6 Å². The normalized spacial score (nSPS) is 16.6. The van der Waals surface area contributed by atoms with E-state index in [2.05, 4.69) is 20.9 Å². The van der Waals surface area contributed by atoms with Crippen LogP contribution in [0, 0.1) is 13.8 Å². The molecule has 0 aliphatic carbocycles. The molecule has 1 aromatic heterocycles. The second-order valence-electron chi connectivity index (χ2n) is 7.34. The molecule has 30 heavy (non-hydrogen) atoms. The Hall–Kier alpha value is -3.26. The third kappa shape index (κ3) is 3.66. The number of hydrogen-bond donors (Lipinski definition) is 4. The summed E-state index contributed by atoms with van der Waals surface area (Å²) in [5.41, 5.74) is 4.62. The molecule has 0 atom stereocenters. The fourth-order valence-electron chi connectivity index (χ4n) is 3.82. The number of aromatic nitrogens is 1. The van der Waals surface area contributed by atoms with E-state index in [9.17, 15) is 14.4 Å². The molecule has 4 rings (SSSR count). The zero-order valence-corrected chi connectivity index (χ0v) is 17.4. The van der Waals surface area contributed by atoms with Crippen molar-refractivity contribution in [3.05, 3.63) is 51.3 Å². The number of halogens is 1.